The number of carbonyl (C=O) groups is 1. The van der Waals surface area contributed by atoms with Crippen molar-refractivity contribution in [2.24, 2.45) is 0 Å². The molecule has 1 amide bonds. The van der Waals surface area contributed by atoms with Gasteiger partial charge in [-0.05, 0) is 24.1 Å². The first-order valence-corrected chi connectivity index (χ1v) is 11.7. The number of nitrogens with zero attached hydrogens (tertiary/aromatic N) is 4. The number of anilines is 1. The van der Waals surface area contributed by atoms with Crippen molar-refractivity contribution >= 4 is 22.6 Å². The lowest BCUT2D eigenvalue weighted by Crippen LogP contribution is -2.48. The number of piperazine rings is 1. The lowest BCUT2D eigenvalue weighted by molar-refractivity contribution is -0.121. The summed E-state index contributed by atoms with van der Waals surface area (Å²) in [6.45, 7) is 7.52. The topological polar surface area (TPSA) is 61.4 Å². The summed E-state index contributed by atoms with van der Waals surface area (Å²) in [5.41, 5.74) is 1.01. The van der Waals surface area contributed by atoms with Crippen LogP contribution in [-0.4, -0.2) is 59.4 Å². The van der Waals surface area contributed by atoms with Gasteiger partial charge < -0.3 is 10.2 Å². The van der Waals surface area contributed by atoms with Crippen molar-refractivity contribution in [1.29, 1.82) is 0 Å². The lowest BCUT2D eigenvalue weighted by Gasteiger charge is -2.34. The van der Waals surface area contributed by atoms with E-state index in [1.807, 2.05) is 0 Å². The number of carbonyl (C=O) groups excluding carboxylic acids is 1. The molecule has 1 N–H and O–H groups in total. The highest BCUT2D eigenvalue weighted by Gasteiger charge is 2.20. The number of halogens is 1. The van der Waals surface area contributed by atoms with Gasteiger partial charge in [-0.25, -0.2) is 9.37 Å². The monoisotopic (exact) mass is 433 g/mol. The molecule has 2 heterocycles. The zero-order valence-corrected chi connectivity index (χ0v) is 18.6. The molecule has 1 aliphatic heterocycles. The summed E-state index contributed by atoms with van der Waals surface area (Å²) in [4.78, 5) is 21.2. The van der Waals surface area contributed by atoms with Gasteiger partial charge in [-0.1, -0.05) is 38.3 Å². The first-order valence-electron chi connectivity index (χ1n) is 10.9. The number of aromatic nitrogens is 2. The number of hydrogen-bond acceptors (Lipinski definition) is 6. The summed E-state index contributed by atoms with van der Waals surface area (Å²) in [7, 11) is 0. The number of amides is 1. The van der Waals surface area contributed by atoms with Crippen molar-refractivity contribution in [3.05, 3.63) is 41.5 Å². The number of hydrogen-bond donors (Lipinski definition) is 1. The molecule has 3 rings (SSSR count). The molecule has 0 radical (unpaired) electrons. The van der Waals surface area contributed by atoms with E-state index in [1.165, 1.54) is 36.5 Å². The Hall–Kier alpha value is -2.06. The van der Waals surface area contributed by atoms with E-state index >= 15 is 0 Å². The molecule has 1 aliphatic rings. The molecule has 8 heteroatoms. The average molecular weight is 434 g/mol. The Kier molecular flexibility index (Phi) is 9.01. The van der Waals surface area contributed by atoms with Crippen LogP contribution in [0.5, 0.6) is 0 Å². The summed E-state index contributed by atoms with van der Waals surface area (Å²) in [6, 6.07) is 6.49. The third-order valence-electron chi connectivity index (χ3n) is 5.38. The minimum absolute atomic E-state index is 0.173. The molecular weight excluding hydrogens is 401 g/mol. The molecule has 0 spiro atoms. The lowest BCUT2D eigenvalue weighted by atomic mass is 10.1. The fourth-order valence-corrected chi connectivity index (χ4v) is 4.28. The molecule has 0 aliphatic carbocycles. The summed E-state index contributed by atoms with van der Waals surface area (Å²) in [6.07, 6.45) is 5.80. The second-order valence-corrected chi connectivity index (χ2v) is 8.52. The van der Waals surface area contributed by atoms with Gasteiger partial charge in [-0.3, -0.25) is 9.69 Å². The van der Waals surface area contributed by atoms with Gasteiger partial charge in [0.15, 0.2) is 0 Å². The molecule has 1 aromatic heterocycles. The van der Waals surface area contributed by atoms with Crippen molar-refractivity contribution < 1.29 is 9.18 Å². The molecule has 2 aromatic rings. The van der Waals surface area contributed by atoms with Crippen LogP contribution in [0.3, 0.4) is 0 Å². The molecular formula is C22H32FN5OS. The quantitative estimate of drug-likeness (QED) is 0.550. The van der Waals surface area contributed by atoms with Gasteiger partial charge >= 0.3 is 0 Å². The van der Waals surface area contributed by atoms with E-state index in [0.717, 1.165) is 62.1 Å². The third kappa shape index (κ3) is 7.32. The summed E-state index contributed by atoms with van der Waals surface area (Å²) >= 11 is 1.43. The fraction of sp³-hybridized carbons (Fsp3) is 0.591. The van der Waals surface area contributed by atoms with E-state index in [1.54, 1.807) is 12.1 Å². The highest BCUT2D eigenvalue weighted by molar-refractivity contribution is 7.09. The van der Waals surface area contributed by atoms with Gasteiger partial charge in [-0.15, -0.1) is 0 Å². The summed E-state index contributed by atoms with van der Waals surface area (Å²) in [5.74, 6) is 0.730. The van der Waals surface area contributed by atoms with Gasteiger partial charge in [0.1, 0.15) is 11.6 Å². The van der Waals surface area contributed by atoms with E-state index < -0.39 is 0 Å². The van der Waals surface area contributed by atoms with Crippen LogP contribution < -0.4 is 10.2 Å². The fourth-order valence-electron chi connectivity index (χ4n) is 3.55. The second kappa shape index (κ2) is 12.0. The van der Waals surface area contributed by atoms with Crippen molar-refractivity contribution in [2.45, 2.75) is 45.4 Å². The highest BCUT2D eigenvalue weighted by atomic mass is 32.1. The number of rotatable bonds is 11. The van der Waals surface area contributed by atoms with Crippen molar-refractivity contribution in [1.82, 2.24) is 19.6 Å². The minimum Gasteiger partial charge on any atom is -0.355 e. The maximum absolute atomic E-state index is 13.0. The van der Waals surface area contributed by atoms with Gasteiger partial charge in [0.2, 0.25) is 11.0 Å². The predicted molar refractivity (Wildman–Crippen MR) is 120 cm³/mol. The van der Waals surface area contributed by atoms with E-state index in [-0.39, 0.29) is 11.7 Å². The number of benzene rings is 1. The molecule has 1 aromatic carbocycles. The maximum atomic E-state index is 13.0. The third-order valence-corrected chi connectivity index (χ3v) is 6.20. The van der Waals surface area contributed by atoms with Crippen LogP contribution in [-0.2, 0) is 11.2 Å². The maximum Gasteiger partial charge on any atom is 0.220 e. The van der Waals surface area contributed by atoms with Crippen molar-refractivity contribution in [3.63, 3.8) is 0 Å². The Balaban J connectivity index is 1.34. The Bertz CT molecular complexity index is 774. The van der Waals surface area contributed by atoms with E-state index in [2.05, 4.69) is 31.4 Å². The second-order valence-electron chi connectivity index (χ2n) is 7.79. The van der Waals surface area contributed by atoms with Crippen LogP contribution in [0.25, 0.3) is 0 Å². The first kappa shape index (κ1) is 22.6. The molecule has 1 fully saturated rings. The first-order chi connectivity index (χ1) is 14.6. The number of unbranched alkanes of at least 4 members (excludes halogenated alkanes) is 3. The normalized spacial score (nSPS) is 14.8. The number of nitrogens with one attached hydrogen (secondary N) is 1. The molecule has 30 heavy (non-hydrogen) atoms. The molecule has 0 unspecified atom stereocenters. The molecule has 0 atom stereocenters. The minimum atomic E-state index is -0.227. The standard InChI is InChI=1S/C22H32FN5OS/c1-2-3-4-5-6-21(29)24-11-12-27-13-15-28(16-14-27)22-25-20(26-30-22)17-18-7-9-19(23)10-8-18/h7-10H,2-6,11-17H2,1H3,(H,24,29). The molecule has 164 valence electrons. The van der Waals surface area contributed by atoms with Gasteiger partial charge in [-0.2, -0.15) is 4.37 Å². The molecule has 6 nitrogen and oxygen atoms in total. The van der Waals surface area contributed by atoms with Crippen molar-refractivity contribution in [3.8, 4) is 0 Å². The molecule has 0 bridgehead atoms. The van der Waals surface area contributed by atoms with E-state index in [4.69, 9.17) is 0 Å². The van der Waals surface area contributed by atoms with Crippen LogP contribution in [0.2, 0.25) is 0 Å². The Morgan fingerprint density at radius 3 is 2.63 bits per heavy atom. The highest BCUT2D eigenvalue weighted by Crippen LogP contribution is 2.20. The van der Waals surface area contributed by atoms with Gasteiger partial charge in [0.25, 0.3) is 0 Å². The van der Waals surface area contributed by atoms with E-state index in [0.29, 0.717) is 19.4 Å². The zero-order chi connectivity index (χ0) is 21.2. The molecule has 0 saturated carbocycles. The largest absolute Gasteiger partial charge is 0.355 e. The van der Waals surface area contributed by atoms with Crippen molar-refractivity contribution in [2.75, 3.05) is 44.2 Å². The van der Waals surface area contributed by atoms with Crippen LogP contribution in [0.4, 0.5) is 9.52 Å². The van der Waals surface area contributed by atoms with Gasteiger partial charge in [0, 0.05) is 63.6 Å². The van der Waals surface area contributed by atoms with Crippen LogP contribution in [0, 0.1) is 5.82 Å². The van der Waals surface area contributed by atoms with Crippen LogP contribution in [0.1, 0.15) is 50.4 Å². The SMILES string of the molecule is CCCCCCC(=O)NCCN1CCN(c2nc(Cc3ccc(F)cc3)ns2)CC1. The van der Waals surface area contributed by atoms with Gasteiger partial charge in [0.05, 0.1) is 0 Å². The van der Waals surface area contributed by atoms with E-state index in [9.17, 15) is 9.18 Å². The zero-order valence-electron chi connectivity index (χ0n) is 17.8. The Labute approximate surface area is 182 Å². The molecule has 1 saturated heterocycles. The smallest absolute Gasteiger partial charge is 0.220 e. The Morgan fingerprint density at radius 2 is 1.90 bits per heavy atom. The summed E-state index contributed by atoms with van der Waals surface area (Å²) < 4.78 is 17.5. The Morgan fingerprint density at radius 1 is 1.13 bits per heavy atom. The predicted octanol–water partition coefficient (Wildman–Crippen LogP) is 3.48. The average Bonchev–Trinajstić information content (AvgIpc) is 3.22. The van der Waals surface area contributed by atoms with Crippen LogP contribution in [0.15, 0.2) is 24.3 Å². The summed E-state index contributed by atoms with van der Waals surface area (Å²) in [5, 5.41) is 3.99. The van der Waals surface area contributed by atoms with Crippen LogP contribution >= 0.6 is 11.5 Å².